The molecule has 21 heavy (non-hydrogen) atoms. The molecular weight excluding hydrogens is 272 g/mol. The second-order valence-corrected chi connectivity index (χ2v) is 11.9. The van der Waals surface area contributed by atoms with Gasteiger partial charge in [-0.1, -0.05) is 68.2 Å². The average Bonchev–Trinajstić information content (AvgIpc) is 2.45. The molecule has 104 valence electrons. The van der Waals surface area contributed by atoms with Gasteiger partial charge in [-0.15, -0.1) is 0 Å². The average molecular weight is 290 g/mol. The molecule has 0 bridgehead atoms. The number of phenolic OH excluding ortho intramolecular Hbond substituents is 1. The molecule has 0 unspecified atom stereocenters. The van der Waals surface area contributed by atoms with Crippen LogP contribution < -0.4 is 5.19 Å². The van der Waals surface area contributed by atoms with Gasteiger partial charge in [0.2, 0.25) is 0 Å². The van der Waals surface area contributed by atoms with E-state index in [9.17, 15) is 5.11 Å². The number of benzene rings is 4. The monoisotopic (exact) mass is 290 g/mol. The van der Waals surface area contributed by atoms with E-state index in [0.717, 1.165) is 10.6 Å². The van der Waals surface area contributed by atoms with E-state index in [1.54, 1.807) is 0 Å². The van der Waals surface area contributed by atoms with Crippen LogP contribution in [0.2, 0.25) is 19.6 Å². The summed E-state index contributed by atoms with van der Waals surface area (Å²) < 4.78 is 0. The van der Waals surface area contributed by atoms with Crippen molar-refractivity contribution in [2.24, 2.45) is 0 Å². The Morgan fingerprint density at radius 3 is 2.05 bits per heavy atom. The maximum Gasteiger partial charge on any atom is 0.122 e. The molecule has 4 rings (SSSR count). The zero-order valence-electron chi connectivity index (χ0n) is 12.6. The lowest BCUT2D eigenvalue weighted by Crippen LogP contribution is -2.37. The Kier molecular flexibility index (Phi) is 2.40. The summed E-state index contributed by atoms with van der Waals surface area (Å²) in [5.41, 5.74) is 0. The van der Waals surface area contributed by atoms with Crippen molar-refractivity contribution in [1.82, 2.24) is 0 Å². The minimum atomic E-state index is -1.57. The zero-order valence-corrected chi connectivity index (χ0v) is 13.6. The van der Waals surface area contributed by atoms with Crippen LogP contribution >= 0.6 is 0 Å². The van der Waals surface area contributed by atoms with Gasteiger partial charge in [0, 0.05) is 10.8 Å². The van der Waals surface area contributed by atoms with Crippen LogP contribution in [-0.4, -0.2) is 13.2 Å². The summed E-state index contributed by atoms with van der Waals surface area (Å²) in [6.45, 7) is 6.83. The minimum Gasteiger partial charge on any atom is -0.507 e. The van der Waals surface area contributed by atoms with Crippen molar-refractivity contribution in [3.63, 3.8) is 0 Å². The lowest BCUT2D eigenvalue weighted by atomic mass is 9.94. The van der Waals surface area contributed by atoms with Crippen LogP contribution in [0, 0.1) is 0 Å². The maximum absolute atomic E-state index is 10.8. The molecule has 0 aliphatic rings. The summed E-state index contributed by atoms with van der Waals surface area (Å²) in [6, 6.07) is 17.2. The first-order valence-electron chi connectivity index (χ1n) is 7.37. The van der Waals surface area contributed by atoms with Crippen LogP contribution in [0.1, 0.15) is 0 Å². The fourth-order valence-corrected chi connectivity index (χ4v) is 4.80. The number of aromatic hydroxyl groups is 1. The van der Waals surface area contributed by atoms with Crippen molar-refractivity contribution in [2.45, 2.75) is 19.6 Å². The lowest BCUT2D eigenvalue weighted by molar-refractivity contribution is 0.485. The lowest BCUT2D eigenvalue weighted by Gasteiger charge is -2.21. The van der Waals surface area contributed by atoms with E-state index in [-0.39, 0.29) is 0 Å². The van der Waals surface area contributed by atoms with E-state index in [4.69, 9.17) is 0 Å². The van der Waals surface area contributed by atoms with Crippen molar-refractivity contribution in [3.05, 3.63) is 48.5 Å². The third-order valence-electron chi connectivity index (χ3n) is 4.43. The SMILES string of the molecule is C[Si](C)(C)c1cc2ccc3cccc4ccc(c1O)c2c34. The Balaban J connectivity index is 2.30. The molecule has 0 saturated heterocycles. The molecule has 0 spiro atoms. The van der Waals surface area contributed by atoms with Crippen molar-refractivity contribution < 1.29 is 5.11 Å². The number of rotatable bonds is 1. The van der Waals surface area contributed by atoms with Crippen molar-refractivity contribution >= 4 is 45.6 Å². The van der Waals surface area contributed by atoms with Gasteiger partial charge in [-0.05, 0) is 26.7 Å². The van der Waals surface area contributed by atoms with E-state index in [0.29, 0.717) is 5.75 Å². The second kappa shape index (κ2) is 3.98. The minimum absolute atomic E-state index is 0.486. The molecule has 1 nitrogen and oxygen atoms in total. The van der Waals surface area contributed by atoms with Gasteiger partial charge in [0.15, 0.2) is 0 Å². The molecule has 4 aromatic rings. The summed E-state index contributed by atoms with van der Waals surface area (Å²) >= 11 is 0. The fourth-order valence-electron chi connectivity index (χ4n) is 3.37. The number of hydrogen-bond donors (Lipinski definition) is 1. The summed E-state index contributed by atoms with van der Waals surface area (Å²) in [4.78, 5) is 0. The highest BCUT2D eigenvalue weighted by atomic mass is 28.3. The Morgan fingerprint density at radius 2 is 1.38 bits per heavy atom. The number of hydrogen-bond acceptors (Lipinski definition) is 1. The Hall–Kier alpha value is -2.06. The molecule has 0 aliphatic carbocycles. The fraction of sp³-hybridized carbons (Fsp3) is 0.158. The molecule has 1 N–H and O–H groups in total. The van der Waals surface area contributed by atoms with E-state index in [1.165, 1.54) is 26.9 Å². The highest BCUT2D eigenvalue weighted by Gasteiger charge is 2.23. The largest absolute Gasteiger partial charge is 0.507 e. The topological polar surface area (TPSA) is 20.2 Å². The molecule has 0 aromatic heterocycles. The summed E-state index contributed by atoms with van der Waals surface area (Å²) in [5.74, 6) is 0.486. The molecule has 4 aromatic carbocycles. The molecule has 2 heteroatoms. The van der Waals surface area contributed by atoms with Crippen molar-refractivity contribution in [2.75, 3.05) is 0 Å². The summed E-state index contributed by atoms with van der Waals surface area (Å²) in [6.07, 6.45) is 0. The first-order chi connectivity index (χ1) is 9.97. The van der Waals surface area contributed by atoms with Crippen LogP contribution in [0.5, 0.6) is 5.75 Å². The number of phenols is 1. The van der Waals surface area contributed by atoms with E-state index < -0.39 is 8.07 Å². The first kappa shape index (κ1) is 12.7. The Bertz CT molecular complexity index is 964. The zero-order chi connectivity index (χ0) is 14.8. The maximum atomic E-state index is 10.8. The predicted octanol–water partition coefficient (Wildman–Crippen LogP) is 4.83. The third kappa shape index (κ3) is 1.69. The van der Waals surface area contributed by atoms with Crippen LogP contribution in [0.25, 0.3) is 32.3 Å². The van der Waals surface area contributed by atoms with Crippen LogP contribution in [0.3, 0.4) is 0 Å². The van der Waals surface area contributed by atoms with Gasteiger partial charge in [0.1, 0.15) is 5.75 Å². The van der Waals surface area contributed by atoms with Crippen molar-refractivity contribution in [1.29, 1.82) is 0 Å². The van der Waals surface area contributed by atoms with Crippen LogP contribution in [-0.2, 0) is 0 Å². The summed E-state index contributed by atoms with van der Waals surface area (Å²) in [7, 11) is -1.57. The normalized spacial score (nSPS) is 12.7. The standard InChI is InChI=1S/C19H18OSi/c1-21(2,3)16-11-14-8-7-12-5-4-6-13-9-10-15(19(16)20)18(14)17(12)13/h4-11,20H,1-3H3. The molecule has 0 heterocycles. The summed E-state index contributed by atoms with van der Waals surface area (Å²) in [5, 5.41) is 19.1. The molecule has 0 radical (unpaired) electrons. The molecule has 0 saturated carbocycles. The molecule has 0 amide bonds. The van der Waals surface area contributed by atoms with Gasteiger partial charge in [0.05, 0.1) is 8.07 Å². The molecule has 0 atom stereocenters. The second-order valence-electron chi connectivity index (χ2n) is 6.88. The predicted molar refractivity (Wildman–Crippen MR) is 94.8 cm³/mol. The van der Waals surface area contributed by atoms with Gasteiger partial charge < -0.3 is 5.11 Å². The van der Waals surface area contributed by atoms with Gasteiger partial charge in [-0.3, -0.25) is 0 Å². The highest BCUT2D eigenvalue weighted by Crippen LogP contribution is 2.38. The Morgan fingerprint density at radius 1 is 0.762 bits per heavy atom. The van der Waals surface area contributed by atoms with E-state index >= 15 is 0 Å². The van der Waals surface area contributed by atoms with Gasteiger partial charge in [-0.25, -0.2) is 0 Å². The van der Waals surface area contributed by atoms with Gasteiger partial charge in [-0.2, -0.15) is 0 Å². The first-order valence-corrected chi connectivity index (χ1v) is 10.9. The van der Waals surface area contributed by atoms with Crippen molar-refractivity contribution in [3.8, 4) is 5.75 Å². The Labute approximate surface area is 125 Å². The molecular formula is C19H18OSi. The van der Waals surface area contributed by atoms with Crippen LogP contribution in [0.15, 0.2) is 48.5 Å². The third-order valence-corrected chi connectivity index (χ3v) is 6.42. The molecule has 0 aliphatic heterocycles. The van der Waals surface area contributed by atoms with E-state index in [1.807, 2.05) is 0 Å². The van der Waals surface area contributed by atoms with E-state index in [2.05, 4.69) is 68.2 Å². The quantitative estimate of drug-likeness (QED) is 0.393. The van der Waals surface area contributed by atoms with Crippen LogP contribution in [0.4, 0.5) is 0 Å². The molecule has 0 fully saturated rings. The smallest absolute Gasteiger partial charge is 0.122 e. The van der Waals surface area contributed by atoms with Gasteiger partial charge >= 0.3 is 0 Å². The highest BCUT2D eigenvalue weighted by molar-refractivity contribution is 6.89. The van der Waals surface area contributed by atoms with Gasteiger partial charge in [0.25, 0.3) is 0 Å².